The third-order valence-electron chi connectivity index (χ3n) is 4.68. The Kier molecular flexibility index (Phi) is 4.14. The number of fused-ring (bicyclic) bond motifs is 2. The van der Waals surface area contributed by atoms with Gasteiger partial charge in [-0.15, -0.1) is 0 Å². The first-order valence-corrected chi connectivity index (χ1v) is 9.13. The number of rotatable bonds is 4. The number of carbonyl (C=O) groups is 1. The summed E-state index contributed by atoms with van der Waals surface area (Å²) in [6.07, 6.45) is 3.37. The monoisotopic (exact) mass is 380 g/mol. The second-order valence-corrected chi connectivity index (χ2v) is 6.55. The summed E-state index contributed by atoms with van der Waals surface area (Å²) in [6, 6.07) is 22.5. The third kappa shape index (κ3) is 3.27. The van der Waals surface area contributed by atoms with Gasteiger partial charge in [-0.2, -0.15) is 5.10 Å². The standard InChI is InChI=1S/C23H16N4O2/c28-23(15-5-2-1-3-6-15)26-20-8-4-7-16-13-17(9-10-18(16)20)29-21-11-12-24-22-19(21)14-25-27-22/h1-14H,(H,26,28)(H,24,25,27). The van der Waals surface area contributed by atoms with Gasteiger partial charge in [0.15, 0.2) is 5.65 Å². The summed E-state index contributed by atoms with van der Waals surface area (Å²) in [5, 5.41) is 12.6. The highest BCUT2D eigenvalue weighted by atomic mass is 16.5. The number of hydrogen-bond acceptors (Lipinski definition) is 4. The summed E-state index contributed by atoms with van der Waals surface area (Å²) in [6.45, 7) is 0. The maximum absolute atomic E-state index is 12.5. The van der Waals surface area contributed by atoms with E-state index >= 15 is 0 Å². The van der Waals surface area contributed by atoms with Gasteiger partial charge in [0.1, 0.15) is 11.5 Å². The number of hydrogen-bond donors (Lipinski definition) is 2. The molecule has 2 N–H and O–H groups in total. The molecule has 5 aromatic rings. The van der Waals surface area contributed by atoms with E-state index in [0.29, 0.717) is 22.7 Å². The Hall–Kier alpha value is -4.19. The molecule has 0 bridgehead atoms. The first-order chi connectivity index (χ1) is 14.3. The Bertz CT molecular complexity index is 1330. The van der Waals surface area contributed by atoms with Crippen molar-refractivity contribution in [3.8, 4) is 11.5 Å². The van der Waals surface area contributed by atoms with Crippen LogP contribution in [0.2, 0.25) is 0 Å². The summed E-state index contributed by atoms with van der Waals surface area (Å²) in [7, 11) is 0. The minimum absolute atomic E-state index is 0.141. The number of amides is 1. The van der Waals surface area contributed by atoms with Gasteiger partial charge < -0.3 is 10.1 Å². The van der Waals surface area contributed by atoms with Gasteiger partial charge in [0.2, 0.25) is 0 Å². The lowest BCUT2D eigenvalue weighted by molar-refractivity contribution is 0.102. The van der Waals surface area contributed by atoms with Crippen LogP contribution in [0.1, 0.15) is 10.4 Å². The number of aromatic amines is 1. The third-order valence-corrected chi connectivity index (χ3v) is 4.68. The molecule has 0 aliphatic carbocycles. The summed E-state index contributed by atoms with van der Waals surface area (Å²) in [5.74, 6) is 1.23. The van der Waals surface area contributed by atoms with Crippen molar-refractivity contribution in [2.75, 3.05) is 5.32 Å². The predicted octanol–water partition coefficient (Wildman–Crippen LogP) is 5.16. The van der Waals surface area contributed by atoms with E-state index in [-0.39, 0.29) is 5.91 Å². The van der Waals surface area contributed by atoms with Crippen LogP contribution in [0.15, 0.2) is 85.2 Å². The van der Waals surface area contributed by atoms with Crippen molar-refractivity contribution in [3.63, 3.8) is 0 Å². The minimum Gasteiger partial charge on any atom is -0.456 e. The molecule has 0 saturated heterocycles. The molecule has 0 atom stereocenters. The van der Waals surface area contributed by atoms with Crippen molar-refractivity contribution in [1.29, 1.82) is 0 Å². The maximum atomic E-state index is 12.5. The molecule has 0 fully saturated rings. The molecule has 0 saturated carbocycles. The quantitative estimate of drug-likeness (QED) is 0.451. The highest BCUT2D eigenvalue weighted by Crippen LogP contribution is 2.32. The fourth-order valence-corrected chi connectivity index (χ4v) is 3.26. The van der Waals surface area contributed by atoms with Gasteiger partial charge in [-0.25, -0.2) is 4.98 Å². The van der Waals surface area contributed by atoms with Gasteiger partial charge in [0.05, 0.1) is 11.6 Å². The van der Waals surface area contributed by atoms with Crippen molar-refractivity contribution in [2.45, 2.75) is 0 Å². The minimum atomic E-state index is -0.141. The first-order valence-electron chi connectivity index (χ1n) is 9.13. The molecule has 1 amide bonds. The van der Waals surface area contributed by atoms with E-state index in [9.17, 15) is 4.79 Å². The highest BCUT2D eigenvalue weighted by molar-refractivity contribution is 6.09. The van der Waals surface area contributed by atoms with Crippen molar-refractivity contribution >= 4 is 33.4 Å². The zero-order chi connectivity index (χ0) is 19.6. The molecule has 140 valence electrons. The van der Waals surface area contributed by atoms with Crippen molar-refractivity contribution in [3.05, 3.63) is 90.8 Å². The Morgan fingerprint density at radius 1 is 0.931 bits per heavy atom. The normalized spacial score (nSPS) is 10.9. The van der Waals surface area contributed by atoms with Gasteiger partial charge in [-0.3, -0.25) is 9.89 Å². The largest absolute Gasteiger partial charge is 0.456 e. The lowest BCUT2D eigenvalue weighted by atomic mass is 10.1. The maximum Gasteiger partial charge on any atom is 0.255 e. The van der Waals surface area contributed by atoms with E-state index in [1.54, 1.807) is 30.6 Å². The van der Waals surface area contributed by atoms with Crippen LogP contribution in [0.5, 0.6) is 11.5 Å². The van der Waals surface area contributed by atoms with Crippen LogP contribution in [0, 0.1) is 0 Å². The van der Waals surface area contributed by atoms with Crippen LogP contribution in [0.25, 0.3) is 21.8 Å². The summed E-state index contributed by atoms with van der Waals surface area (Å²) in [4.78, 5) is 16.7. The molecule has 6 heteroatoms. The SMILES string of the molecule is O=C(Nc1cccc2cc(Oc3ccnc4[nH]ncc34)ccc12)c1ccccc1. The number of benzene rings is 3. The van der Waals surface area contributed by atoms with Crippen LogP contribution in [0.3, 0.4) is 0 Å². The fourth-order valence-electron chi connectivity index (χ4n) is 3.26. The summed E-state index contributed by atoms with van der Waals surface area (Å²) >= 11 is 0. The van der Waals surface area contributed by atoms with E-state index in [1.807, 2.05) is 54.6 Å². The second-order valence-electron chi connectivity index (χ2n) is 6.55. The molecule has 2 aromatic heterocycles. The van der Waals surface area contributed by atoms with Gasteiger partial charge >= 0.3 is 0 Å². The smallest absolute Gasteiger partial charge is 0.255 e. The predicted molar refractivity (Wildman–Crippen MR) is 112 cm³/mol. The highest BCUT2D eigenvalue weighted by Gasteiger charge is 2.10. The summed E-state index contributed by atoms with van der Waals surface area (Å²) in [5.41, 5.74) is 2.05. The Labute approximate surface area is 166 Å². The molecule has 3 aromatic carbocycles. The van der Waals surface area contributed by atoms with Crippen LogP contribution in [0.4, 0.5) is 5.69 Å². The molecule has 5 rings (SSSR count). The molecule has 6 nitrogen and oxygen atoms in total. The number of anilines is 1. The van der Waals surface area contributed by atoms with E-state index in [2.05, 4.69) is 20.5 Å². The van der Waals surface area contributed by atoms with Gasteiger partial charge in [0.25, 0.3) is 5.91 Å². The molecular formula is C23H16N4O2. The first kappa shape index (κ1) is 16.9. The topological polar surface area (TPSA) is 79.9 Å². The molecule has 29 heavy (non-hydrogen) atoms. The van der Waals surface area contributed by atoms with Crippen molar-refractivity contribution in [2.24, 2.45) is 0 Å². The molecule has 0 unspecified atom stereocenters. The molecule has 0 radical (unpaired) electrons. The zero-order valence-electron chi connectivity index (χ0n) is 15.3. The van der Waals surface area contributed by atoms with Crippen LogP contribution in [-0.4, -0.2) is 21.1 Å². The number of pyridine rings is 1. The van der Waals surface area contributed by atoms with Gasteiger partial charge in [-0.1, -0.05) is 30.3 Å². The number of nitrogens with one attached hydrogen (secondary N) is 2. The summed E-state index contributed by atoms with van der Waals surface area (Å²) < 4.78 is 6.06. The molecule has 0 spiro atoms. The number of ether oxygens (including phenoxy) is 1. The fraction of sp³-hybridized carbons (Fsp3) is 0. The van der Waals surface area contributed by atoms with E-state index in [1.165, 1.54) is 0 Å². The van der Waals surface area contributed by atoms with Crippen LogP contribution < -0.4 is 10.1 Å². The Morgan fingerprint density at radius 3 is 2.72 bits per heavy atom. The average Bonchev–Trinajstić information content (AvgIpc) is 3.24. The van der Waals surface area contributed by atoms with Crippen molar-refractivity contribution in [1.82, 2.24) is 15.2 Å². The van der Waals surface area contributed by atoms with Gasteiger partial charge in [0, 0.05) is 22.8 Å². The second kappa shape index (κ2) is 7.09. The van der Waals surface area contributed by atoms with E-state index < -0.39 is 0 Å². The number of aromatic nitrogens is 3. The lowest BCUT2D eigenvalue weighted by Crippen LogP contribution is -2.11. The van der Waals surface area contributed by atoms with Crippen LogP contribution >= 0.6 is 0 Å². The van der Waals surface area contributed by atoms with Crippen LogP contribution in [-0.2, 0) is 0 Å². The van der Waals surface area contributed by atoms with Gasteiger partial charge in [-0.05, 0) is 47.9 Å². The van der Waals surface area contributed by atoms with E-state index in [4.69, 9.17) is 4.74 Å². The molecule has 0 aliphatic rings. The number of H-pyrrole nitrogens is 1. The van der Waals surface area contributed by atoms with E-state index in [0.717, 1.165) is 21.8 Å². The van der Waals surface area contributed by atoms with Crippen molar-refractivity contribution < 1.29 is 9.53 Å². The average molecular weight is 380 g/mol. The molecule has 2 heterocycles. The molecular weight excluding hydrogens is 364 g/mol. The Balaban J connectivity index is 1.46. The zero-order valence-corrected chi connectivity index (χ0v) is 15.3. The lowest BCUT2D eigenvalue weighted by Gasteiger charge is -2.11. The molecule has 0 aliphatic heterocycles. The number of nitrogens with zero attached hydrogens (tertiary/aromatic N) is 2. The number of carbonyl (C=O) groups excluding carboxylic acids is 1. The Morgan fingerprint density at radius 2 is 1.83 bits per heavy atom.